The van der Waals surface area contributed by atoms with Crippen molar-refractivity contribution in [1.29, 1.82) is 0 Å². The first kappa shape index (κ1) is 29.0. The van der Waals surface area contributed by atoms with Gasteiger partial charge in [0.1, 0.15) is 12.4 Å². The zero-order valence-corrected chi connectivity index (χ0v) is 22.8. The minimum atomic E-state index is -1.23. The minimum absolute atomic E-state index is 0.00838. The Labute approximate surface area is 218 Å². The van der Waals surface area contributed by atoms with Crippen LogP contribution in [0.4, 0.5) is 0 Å². The number of aliphatic hydroxyl groups is 1. The molecule has 37 heavy (non-hydrogen) atoms. The van der Waals surface area contributed by atoms with E-state index in [0.29, 0.717) is 30.4 Å². The van der Waals surface area contributed by atoms with E-state index >= 15 is 0 Å². The predicted octanol–water partition coefficient (Wildman–Crippen LogP) is 3.63. The van der Waals surface area contributed by atoms with Crippen LogP contribution in [-0.4, -0.2) is 54.1 Å². The molecule has 1 saturated carbocycles. The Balaban J connectivity index is 2.20. The highest BCUT2D eigenvalue weighted by molar-refractivity contribution is 5.72. The number of allylic oxidation sites excluding steroid dienone is 2. The Hall–Kier alpha value is -2.52. The number of carbonyl (C=O) groups is 4. The van der Waals surface area contributed by atoms with Gasteiger partial charge in [-0.05, 0) is 61.0 Å². The fourth-order valence-electron chi connectivity index (χ4n) is 6.38. The number of hydrogen-bond acceptors (Lipinski definition) is 9. The van der Waals surface area contributed by atoms with E-state index in [0.717, 1.165) is 6.29 Å². The van der Waals surface area contributed by atoms with Crippen LogP contribution >= 0.6 is 0 Å². The number of aliphatic hydroxyl groups excluding tert-OH is 1. The summed E-state index contributed by atoms with van der Waals surface area (Å²) in [5, 5.41) is 11.7. The summed E-state index contributed by atoms with van der Waals surface area (Å²) in [4.78, 5) is 48.1. The molecule has 1 N–H and O–H groups in total. The molecule has 0 aromatic rings. The SMILES string of the molecule is CC(=O)O[C@H]1O[C@@H](OC(C)=O)[C@]23C1=C[C@H](OC(=O)CC(C)C)C[C@H]2[C@](C)(C/C=C(\C)C=O)[C@H](C)C[C@@H]3O. The summed E-state index contributed by atoms with van der Waals surface area (Å²) < 4.78 is 23.0. The van der Waals surface area contributed by atoms with Crippen LogP contribution in [0.1, 0.15) is 74.1 Å². The second-order valence-corrected chi connectivity index (χ2v) is 11.4. The van der Waals surface area contributed by atoms with E-state index in [9.17, 15) is 24.3 Å². The number of rotatable bonds is 8. The molecule has 8 atom stereocenters. The third-order valence-corrected chi connectivity index (χ3v) is 8.30. The molecule has 1 saturated heterocycles. The number of esters is 3. The van der Waals surface area contributed by atoms with Gasteiger partial charge in [-0.15, -0.1) is 0 Å². The Kier molecular flexibility index (Phi) is 8.69. The molecule has 0 radical (unpaired) electrons. The topological polar surface area (TPSA) is 125 Å². The standard InChI is InChI=1S/C28H40O9/c1-15(2)10-24(33)36-20-12-21-25(34-18(5)30)37-26(35-19(6)31)28(21)22(13-20)27(7,9-8-16(3)14-29)17(4)11-23(28)32/h8,12,14-15,17,20,22-23,25-26,32H,9-11,13H2,1-7H3/b16-8+/t17-,20+,22+,23+,25+,26-,27-,28-/m1/s1. The summed E-state index contributed by atoms with van der Waals surface area (Å²) in [5.41, 5.74) is -0.721. The van der Waals surface area contributed by atoms with Crippen molar-refractivity contribution in [3.8, 4) is 0 Å². The second-order valence-electron chi connectivity index (χ2n) is 11.4. The zero-order chi connectivity index (χ0) is 27.7. The average Bonchev–Trinajstić information content (AvgIpc) is 3.07. The number of aldehydes is 1. The molecule has 2 fully saturated rings. The van der Waals surface area contributed by atoms with Gasteiger partial charge in [-0.25, -0.2) is 0 Å². The molecule has 0 aromatic carbocycles. The van der Waals surface area contributed by atoms with Crippen molar-refractivity contribution in [2.24, 2.45) is 28.6 Å². The Morgan fingerprint density at radius 2 is 1.78 bits per heavy atom. The summed E-state index contributed by atoms with van der Waals surface area (Å²) in [6.07, 6.45) is 1.73. The molecule has 0 bridgehead atoms. The van der Waals surface area contributed by atoms with E-state index in [4.69, 9.17) is 18.9 Å². The molecule has 2 aliphatic carbocycles. The maximum Gasteiger partial charge on any atom is 0.306 e. The van der Waals surface area contributed by atoms with E-state index in [1.165, 1.54) is 13.8 Å². The molecule has 1 aliphatic heterocycles. The van der Waals surface area contributed by atoms with Crippen molar-refractivity contribution >= 4 is 24.2 Å². The molecule has 0 amide bonds. The Bertz CT molecular complexity index is 982. The third-order valence-electron chi connectivity index (χ3n) is 8.30. The van der Waals surface area contributed by atoms with E-state index in [1.54, 1.807) is 13.0 Å². The third kappa shape index (κ3) is 5.53. The van der Waals surface area contributed by atoms with Crippen LogP contribution in [0.25, 0.3) is 0 Å². The highest BCUT2D eigenvalue weighted by Crippen LogP contribution is 2.67. The normalized spacial score (nSPS) is 37.2. The number of hydrogen-bond donors (Lipinski definition) is 1. The minimum Gasteiger partial charge on any atom is -0.458 e. The van der Waals surface area contributed by atoms with Crippen LogP contribution in [0.15, 0.2) is 23.3 Å². The van der Waals surface area contributed by atoms with E-state index in [1.807, 2.05) is 26.8 Å². The lowest BCUT2D eigenvalue weighted by atomic mass is 9.45. The van der Waals surface area contributed by atoms with Gasteiger partial charge in [0, 0.05) is 25.8 Å². The predicted molar refractivity (Wildman–Crippen MR) is 132 cm³/mol. The van der Waals surface area contributed by atoms with Gasteiger partial charge in [-0.3, -0.25) is 23.9 Å². The molecule has 0 unspecified atom stereocenters. The van der Waals surface area contributed by atoms with Crippen molar-refractivity contribution in [2.45, 2.75) is 98.9 Å². The summed E-state index contributed by atoms with van der Waals surface area (Å²) in [5.74, 6) is -1.87. The molecule has 9 heteroatoms. The summed E-state index contributed by atoms with van der Waals surface area (Å²) >= 11 is 0. The molecule has 3 rings (SSSR count). The lowest BCUT2D eigenvalue weighted by Gasteiger charge is -2.60. The largest absolute Gasteiger partial charge is 0.458 e. The van der Waals surface area contributed by atoms with Crippen LogP contribution in [0.5, 0.6) is 0 Å². The first-order chi connectivity index (χ1) is 17.2. The fraction of sp³-hybridized carbons (Fsp3) is 0.714. The maximum absolute atomic E-state index is 12.7. The van der Waals surface area contributed by atoms with Crippen LogP contribution in [0.2, 0.25) is 0 Å². The van der Waals surface area contributed by atoms with Crippen molar-refractivity contribution in [3.63, 3.8) is 0 Å². The molecule has 1 spiro atoms. The van der Waals surface area contributed by atoms with Gasteiger partial charge in [0.05, 0.1) is 11.5 Å². The molecule has 3 aliphatic rings. The first-order valence-electron chi connectivity index (χ1n) is 13.0. The summed E-state index contributed by atoms with van der Waals surface area (Å²) in [6, 6.07) is 0. The molecule has 1 heterocycles. The number of ether oxygens (including phenoxy) is 4. The van der Waals surface area contributed by atoms with Gasteiger partial charge in [0.2, 0.25) is 12.6 Å². The van der Waals surface area contributed by atoms with Crippen molar-refractivity contribution in [1.82, 2.24) is 0 Å². The molecule has 0 aromatic heterocycles. The molecule has 9 nitrogen and oxygen atoms in total. The smallest absolute Gasteiger partial charge is 0.306 e. The highest BCUT2D eigenvalue weighted by Gasteiger charge is 2.71. The van der Waals surface area contributed by atoms with Crippen molar-refractivity contribution < 1.29 is 43.2 Å². The quantitative estimate of drug-likeness (QED) is 0.168. The van der Waals surface area contributed by atoms with E-state index in [-0.39, 0.29) is 24.2 Å². The van der Waals surface area contributed by atoms with Crippen LogP contribution < -0.4 is 0 Å². The van der Waals surface area contributed by atoms with E-state index in [2.05, 4.69) is 6.92 Å². The average molecular weight is 521 g/mol. The lowest BCUT2D eigenvalue weighted by molar-refractivity contribution is -0.254. The van der Waals surface area contributed by atoms with Gasteiger partial charge in [-0.1, -0.05) is 33.8 Å². The van der Waals surface area contributed by atoms with Crippen molar-refractivity contribution in [3.05, 3.63) is 23.3 Å². The van der Waals surface area contributed by atoms with Crippen molar-refractivity contribution in [2.75, 3.05) is 0 Å². The van der Waals surface area contributed by atoms with Gasteiger partial charge >= 0.3 is 17.9 Å². The summed E-state index contributed by atoms with van der Waals surface area (Å²) in [6.45, 7) is 12.2. The van der Waals surface area contributed by atoms with Gasteiger partial charge in [0.15, 0.2) is 0 Å². The van der Waals surface area contributed by atoms with Gasteiger partial charge < -0.3 is 19.3 Å². The zero-order valence-electron chi connectivity index (χ0n) is 22.8. The Morgan fingerprint density at radius 1 is 1.14 bits per heavy atom. The molecule has 206 valence electrons. The van der Waals surface area contributed by atoms with Gasteiger partial charge in [-0.2, -0.15) is 0 Å². The lowest BCUT2D eigenvalue weighted by Crippen LogP contribution is -2.63. The molecular formula is C28H40O9. The van der Waals surface area contributed by atoms with E-state index < -0.39 is 53.5 Å². The summed E-state index contributed by atoms with van der Waals surface area (Å²) in [7, 11) is 0. The molecular weight excluding hydrogens is 480 g/mol. The monoisotopic (exact) mass is 520 g/mol. The van der Waals surface area contributed by atoms with Crippen LogP contribution in [-0.2, 0) is 38.1 Å². The fourth-order valence-corrected chi connectivity index (χ4v) is 6.38. The first-order valence-corrected chi connectivity index (χ1v) is 13.0. The highest BCUT2D eigenvalue weighted by atomic mass is 16.8. The van der Waals surface area contributed by atoms with Crippen LogP contribution in [0, 0.1) is 28.6 Å². The maximum atomic E-state index is 12.7. The second kappa shape index (κ2) is 11.1. The Morgan fingerprint density at radius 3 is 2.35 bits per heavy atom. The van der Waals surface area contributed by atoms with Gasteiger partial charge in [0.25, 0.3) is 0 Å². The number of carbonyl (C=O) groups excluding carboxylic acids is 4. The van der Waals surface area contributed by atoms with Crippen LogP contribution in [0.3, 0.4) is 0 Å².